The maximum Gasteiger partial charge on any atom is 0.244 e. The highest BCUT2D eigenvalue weighted by Crippen LogP contribution is 2.35. The number of hydrogen-bond donors (Lipinski definition) is 0. The van der Waals surface area contributed by atoms with Gasteiger partial charge in [0.15, 0.2) is 0 Å². The molecule has 0 unspecified atom stereocenters. The van der Waals surface area contributed by atoms with Crippen LogP contribution in [0, 0.1) is 0 Å². The number of ether oxygens (including phenoxy) is 1. The minimum Gasteiger partial charge on any atom is -0.493 e. The second-order valence-corrected chi connectivity index (χ2v) is 7.33. The Morgan fingerprint density at radius 1 is 1.22 bits per heavy atom. The van der Waals surface area contributed by atoms with Gasteiger partial charge in [0.05, 0.1) is 6.61 Å². The first-order chi connectivity index (χ1) is 11.2. The zero-order valence-electron chi connectivity index (χ0n) is 13.0. The monoisotopic (exact) mass is 343 g/mol. The van der Waals surface area contributed by atoms with E-state index in [0.29, 0.717) is 12.3 Å². The second kappa shape index (κ2) is 7.23. The maximum atomic E-state index is 12.2. The highest BCUT2D eigenvalue weighted by molar-refractivity contribution is 8.45. The molecule has 0 N–H and O–H groups in total. The van der Waals surface area contributed by atoms with Gasteiger partial charge >= 0.3 is 0 Å². The molecule has 0 bridgehead atoms. The van der Waals surface area contributed by atoms with Crippen LogP contribution in [0.4, 0.5) is 0 Å². The Kier molecular flexibility index (Phi) is 5.08. The molecule has 0 fully saturated rings. The number of rotatable bonds is 4. The molecule has 3 rings (SSSR count). The molecular weight excluding hydrogens is 326 g/mol. The van der Waals surface area contributed by atoms with Crippen LogP contribution < -0.4 is 4.74 Å². The van der Waals surface area contributed by atoms with Crippen molar-refractivity contribution in [3.05, 3.63) is 47.7 Å². The van der Waals surface area contributed by atoms with E-state index in [1.165, 1.54) is 11.8 Å². The summed E-state index contributed by atoms with van der Waals surface area (Å²) >= 11 is 2.80. The number of thioether (sulfide) groups is 2. The molecule has 2 aromatic carbocycles. The van der Waals surface area contributed by atoms with Crippen LogP contribution in [0.25, 0.3) is 16.8 Å². The Labute approximate surface area is 144 Å². The number of aliphatic imine (C=N–C) groups is 1. The SMILES string of the molecule is CCOc1ccc2ccccc2c1/C=C1/N=C(SCC)SC1=O. The van der Waals surface area contributed by atoms with Crippen molar-refractivity contribution in [1.29, 1.82) is 0 Å². The molecule has 1 aliphatic rings. The fourth-order valence-electron chi connectivity index (χ4n) is 2.42. The molecule has 2 aromatic rings. The lowest BCUT2D eigenvalue weighted by Gasteiger charge is -2.10. The number of benzene rings is 2. The van der Waals surface area contributed by atoms with Crippen molar-refractivity contribution >= 4 is 49.9 Å². The smallest absolute Gasteiger partial charge is 0.244 e. The highest BCUT2D eigenvalue weighted by atomic mass is 32.2. The minimum absolute atomic E-state index is 0.00340. The van der Waals surface area contributed by atoms with Crippen molar-refractivity contribution in [3.8, 4) is 5.75 Å². The first kappa shape index (κ1) is 16.1. The van der Waals surface area contributed by atoms with Gasteiger partial charge in [0, 0.05) is 5.56 Å². The van der Waals surface area contributed by atoms with E-state index in [1.807, 2.05) is 43.3 Å². The largest absolute Gasteiger partial charge is 0.493 e. The summed E-state index contributed by atoms with van der Waals surface area (Å²) in [7, 11) is 0. The molecule has 3 nitrogen and oxygen atoms in total. The summed E-state index contributed by atoms with van der Waals surface area (Å²) in [5.74, 6) is 1.69. The zero-order chi connectivity index (χ0) is 16.2. The third kappa shape index (κ3) is 3.46. The quantitative estimate of drug-likeness (QED) is 0.735. The lowest BCUT2D eigenvalue weighted by Crippen LogP contribution is -1.96. The predicted molar refractivity (Wildman–Crippen MR) is 101 cm³/mol. The highest BCUT2D eigenvalue weighted by Gasteiger charge is 2.22. The van der Waals surface area contributed by atoms with Crippen LogP contribution in [0.1, 0.15) is 19.4 Å². The molecule has 1 aliphatic heterocycles. The number of fused-ring (bicyclic) bond motifs is 1. The first-order valence-corrected chi connectivity index (χ1v) is 9.33. The lowest BCUT2D eigenvalue weighted by molar-refractivity contribution is -0.107. The topological polar surface area (TPSA) is 38.7 Å². The third-order valence-corrected chi connectivity index (χ3v) is 5.27. The van der Waals surface area contributed by atoms with Gasteiger partial charge in [0.1, 0.15) is 15.8 Å². The van der Waals surface area contributed by atoms with Gasteiger partial charge in [-0.2, -0.15) is 0 Å². The van der Waals surface area contributed by atoms with Gasteiger partial charge in [-0.3, -0.25) is 4.79 Å². The average molecular weight is 343 g/mol. The lowest BCUT2D eigenvalue weighted by atomic mass is 10.0. The molecule has 0 amide bonds. The fourth-order valence-corrected chi connectivity index (χ4v) is 4.16. The first-order valence-electron chi connectivity index (χ1n) is 7.52. The van der Waals surface area contributed by atoms with Gasteiger partial charge in [-0.1, -0.05) is 49.0 Å². The molecule has 0 atom stereocenters. The molecule has 0 aliphatic carbocycles. The van der Waals surface area contributed by atoms with Crippen molar-refractivity contribution in [3.63, 3.8) is 0 Å². The van der Waals surface area contributed by atoms with Gasteiger partial charge in [0.2, 0.25) is 5.12 Å². The standard InChI is InChI=1S/C18H17NO2S2/c1-3-21-16-10-9-12-7-5-6-8-13(12)14(16)11-15-17(20)23-18(19-15)22-4-2/h5-11H,3-4H2,1-2H3/b15-11+. The summed E-state index contributed by atoms with van der Waals surface area (Å²) in [6.07, 6.45) is 1.85. The Morgan fingerprint density at radius 3 is 2.83 bits per heavy atom. The molecule has 0 saturated heterocycles. The van der Waals surface area contributed by atoms with E-state index < -0.39 is 0 Å². The van der Waals surface area contributed by atoms with Gasteiger partial charge < -0.3 is 4.74 Å². The van der Waals surface area contributed by atoms with Crippen molar-refractivity contribution in [2.75, 3.05) is 12.4 Å². The van der Waals surface area contributed by atoms with Crippen LogP contribution in [-0.4, -0.2) is 21.9 Å². The number of carbonyl (C=O) groups is 1. The molecule has 0 aromatic heterocycles. The molecule has 5 heteroatoms. The predicted octanol–water partition coefficient (Wildman–Crippen LogP) is 4.96. The van der Waals surface area contributed by atoms with E-state index in [2.05, 4.69) is 18.0 Å². The number of hydrogen-bond acceptors (Lipinski definition) is 5. The van der Waals surface area contributed by atoms with Gasteiger partial charge in [-0.15, -0.1) is 0 Å². The van der Waals surface area contributed by atoms with Crippen LogP contribution in [-0.2, 0) is 4.79 Å². The summed E-state index contributed by atoms with van der Waals surface area (Å²) in [5.41, 5.74) is 1.41. The zero-order valence-corrected chi connectivity index (χ0v) is 14.7. The van der Waals surface area contributed by atoms with Crippen molar-refractivity contribution in [2.45, 2.75) is 13.8 Å². The molecule has 118 valence electrons. The van der Waals surface area contributed by atoms with Crippen molar-refractivity contribution in [1.82, 2.24) is 0 Å². The molecule has 23 heavy (non-hydrogen) atoms. The van der Waals surface area contributed by atoms with E-state index in [4.69, 9.17) is 4.74 Å². The molecular formula is C18H17NO2S2. The van der Waals surface area contributed by atoms with Crippen molar-refractivity contribution < 1.29 is 9.53 Å². The average Bonchev–Trinajstić information content (AvgIpc) is 2.90. The minimum atomic E-state index is -0.00340. The van der Waals surface area contributed by atoms with Crippen LogP contribution in [0.15, 0.2) is 47.1 Å². The number of carbonyl (C=O) groups excluding carboxylic acids is 1. The van der Waals surface area contributed by atoms with Crippen LogP contribution >= 0.6 is 23.5 Å². The third-order valence-electron chi connectivity index (χ3n) is 3.38. The fraction of sp³-hybridized carbons (Fsp3) is 0.222. The van der Waals surface area contributed by atoms with Crippen molar-refractivity contribution in [2.24, 2.45) is 4.99 Å². The normalized spacial score (nSPS) is 16.2. The van der Waals surface area contributed by atoms with Gasteiger partial charge in [-0.25, -0.2) is 4.99 Å². The molecule has 0 saturated carbocycles. The van der Waals surface area contributed by atoms with E-state index >= 15 is 0 Å². The second-order valence-electron chi connectivity index (χ2n) is 4.86. The van der Waals surface area contributed by atoms with E-state index in [1.54, 1.807) is 11.8 Å². The van der Waals surface area contributed by atoms with Gasteiger partial charge in [0.25, 0.3) is 0 Å². The summed E-state index contributed by atoms with van der Waals surface area (Å²) in [6, 6.07) is 12.1. The molecule has 1 heterocycles. The molecule has 0 radical (unpaired) electrons. The van der Waals surface area contributed by atoms with Crippen LogP contribution in [0.5, 0.6) is 5.75 Å². The van der Waals surface area contributed by atoms with E-state index in [-0.39, 0.29) is 5.12 Å². The summed E-state index contributed by atoms with van der Waals surface area (Å²) in [5, 5.41) is 2.18. The summed E-state index contributed by atoms with van der Waals surface area (Å²) in [4.78, 5) is 16.7. The summed E-state index contributed by atoms with van der Waals surface area (Å²) < 4.78 is 6.57. The Hall–Kier alpha value is -1.72. The maximum absolute atomic E-state index is 12.2. The van der Waals surface area contributed by atoms with Gasteiger partial charge in [-0.05, 0) is 47.4 Å². The summed E-state index contributed by atoms with van der Waals surface area (Å²) in [6.45, 7) is 4.59. The number of nitrogens with zero attached hydrogens (tertiary/aromatic N) is 1. The molecule has 0 spiro atoms. The Morgan fingerprint density at radius 2 is 2.04 bits per heavy atom. The van der Waals surface area contributed by atoms with E-state index in [0.717, 1.165) is 32.2 Å². The van der Waals surface area contributed by atoms with E-state index in [9.17, 15) is 4.79 Å². The Bertz CT molecular complexity index is 812. The van der Waals surface area contributed by atoms with Crippen LogP contribution in [0.2, 0.25) is 0 Å². The van der Waals surface area contributed by atoms with Crippen LogP contribution in [0.3, 0.4) is 0 Å². The Balaban J connectivity index is 2.12.